The summed E-state index contributed by atoms with van der Waals surface area (Å²) >= 11 is 0. The van der Waals surface area contributed by atoms with Gasteiger partial charge in [0.25, 0.3) is 0 Å². The smallest absolute Gasteiger partial charge is 0.249 e. The minimum Gasteiger partial charge on any atom is -0.394 e. The number of carbonyl (C=O) groups is 3. The minimum atomic E-state index is -1.19. The van der Waals surface area contributed by atoms with Crippen molar-refractivity contribution in [3.8, 4) is 0 Å². The number of aliphatic hydroxyl groups excluding tert-OH is 1. The van der Waals surface area contributed by atoms with Gasteiger partial charge in [0.2, 0.25) is 17.7 Å². The predicted octanol–water partition coefficient (Wildman–Crippen LogP) is 4.39. The van der Waals surface area contributed by atoms with E-state index in [0.717, 1.165) is 16.7 Å². The van der Waals surface area contributed by atoms with Gasteiger partial charge in [-0.05, 0) is 36.0 Å². The fourth-order valence-corrected chi connectivity index (χ4v) is 7.95. The van der Waals surface area contributed by atoms with Crippen LogP contribution in [0.5, 0.6) is 0 Å². The van der Waals surface area contributed by atoms with Gasteiger partial charge in [-0.25, -0.2) is 0 Å². The summed E-state index contributed by atoms with van der Waals surface area (Å²) in [6.07, 6.45) is 4.28. The highest BCUT2D eigenvalue weighted by Crippen LogP contribution is 2.59. The van der Waals surface area contributed by atoms with Gasteiger partial charge >= 0.3 is 0 Å². The average molecular weight is 634 g/mol. The maximum absolute atomic E-state index is 14.9. The first-order valence-electron chi connectivity index (χ1n) is 16.4. The van der Waals surface area contributed by atoms with Gasteiger partial charge in [0.05, 0.1) is 30.6 Å². The zero-order chi connectivity index (χ0) is 33.0. The summed E-state index contributed by atoms with van der Waals surface area (Å²) in [5.74, 6) is -2.36. The van der Waals surface area contributed by atoms with Crippen molar-refractivity contribution >= 4 is 17.7 Å². The quantitative estimate of drug-likeness (QED) is 0.266. The summed E-state index contributed by atoms with van der Waals surface area (Å²) in [4.78, 5) is 49.2. The van der Waals surface area contributed by atoms with Gasteiger partial charge in [0.1, 0.15) is 11.6 Å². The highest BCUT2D eigenvalue weighted by molar-refractivity contribution is 5.99. The third kappa shape index (κ3) is 6.15. The van der Waals surface area contributed by atoms with Crippen LogP contribution in [0.15, 0.2) is 116 Å². The van der Waals surface area contributed by atoms with Crippen LogP contribution >= 0.6 is 0 Å². The molecule has 8 nitrogen and oxygen atoms in total. The highest BCUT2D eigenvalue weighted by atomic mass is 16.5. The van der Waals surface area contributed by atoms with Crippen molar-refractivity contribution in [1.82, 2.24) is 14.7 Å². The van der Waals surface area contributed by atoms with Crippen LogP contribution < -0.4 is 0 Å². The molecular weight excluding hydrogens is 590 g/mol. The number of fused-ring (bicyclic) bond motifs is 1. The fraction of sp³-hybridized carbons (Fsp3) is 0.359. The van der Waals surface area contributed by atoms with Crippen LogP contribution in [0, 0.1) is 11.8 Å². The van der Waals surface area contributed by atoms with Gasteiger partial charge in [-0.3, -0.25) is 14.4 Å². The van der Waals surface area contributed by atoms with Crippen LogP contribution in [0.4, 0.5) is 0 Å². The molecule has 244 valence electrons. The van der Waals surface area contributed by atoms with E-state index in [4.69, 9.17) is 4.74 Å². The van der Waals surface area contributed by atoms with Crippen molar-refractivity contribution in [2.75, 3.05) is 19.7 Å². The second kappa shape index (κ2) is 14.1. The number of hydrogen-bond acceptors (Lipinski definition) is 5. The number of ether oxygens (including phenoxy) is 1. The largest absolute Gasteiger partial charge is 0.394 e. The van der Waals surface area contributed by atoms with E-state index in [1.165, 1.54) is 0 Å². The topological polar surface area (TPSA) is 90.4 Å². The second-order valence-electron chi connectivity index (χ2n) is 12.8. The van der Waals surface area contributed by atoms with Crippen LogP contribution in [0.3, 0.4) is 0 Å². The van der Waals surface area contributed by atoms with Crippen LogP contribution in [-0.2, 0) is 38.6 Å². The Morgan fingerprint density at radius 3 is 1.87 bits per heavy atom. The molecule has 2 unspecified atom stereocenters. The molecule has 8 heteroatoms. The van der Waals surface area contributed by atoms with E-state index in [1.807, 2.05) is 91.0 Å². The second-order valence-corrected chi connectivity index (χ2v) is 12.8. The molecule has 1 spiro atoms. The van der Waals surface area contributed by atoms with E-state index in [-0.39, 0.29) is 30.9 Å². The lowest BCUT2D eigenvalue weighted by molar-refractivity contribution is -0.152. The maximum atomic E-state index is 14.9. The monoisotopic (exact) mass is 633 g/mol. The molecule has 0 saturated carbocycles. The molecule has 3 aliphatic rings. The molecule has 3 amide bonds. The number of benzene rings is 3. The Morgan fingerprint density at radius 2 is 1.36 bits per heavy atom. The molecule has 0 radical (unpaired) electrons. The van der Waals surface area contributed by atoms with Gasteiger partial charge in [-0.15, -0.1) is 13.2 Å². The van der Waals surface area contributed by atoms with E-state index < -0.39 is 35.6 Å². The van der Waals surface area contributed by atoms with Crippen LogP contribution in [0.25, 0.3) is 0 Å². The zero-order valence-electron chi connectivity index (χ0n) is 26.7. The van der Waals surface area contributed by atoms with E-state index in [2.05, 4.69) is 13.2 Å². The number of nitrogens with zero attached hydrogens (tertiary/aromatic N) is 3. The molecule has 0 aliphatic carbocycles. The van der Waals surface area contributed by atoms with Crippen LogP contribution in [0.2, 0.25) is 0 Å². The van der Waals surface area contributed by atoms with Gasteiger partial charge in [-0.2, -0.15) is 0 Å². The average Bonchev–Trinajstić information content (AvgIpc) is 3.75. The van der Waals surface area contributed by atoms with Gasteiger partial charge in [-0.1, -0.05) is 103 Å². The lowest BCUT2D eigenvalue weighted by Gasteiger charge is -2.39. The maximum Gasteiger partial charge on any atom is 0.249 e. The first kappa shape index (κ1) is 32.4. The number of amides is 3. The first-order chi connectivity index (χ1) is 22.9. The number of hydrogen-bond donors (Lipinski definition) is 1. The van der Waals surface area contributed by atoms with E-state index >= 15 is 0 Å². The summed E-state index contributed by atoms with van der Waals surface area (Å²) in [5.41, 5.74) is 1.66. The van der Waals surface area contributed by atoms with Crippen molar-refractivity contribution in [3.05, 3.63) is 133 Å². The Kier molecular flexibility index (Phi) is 9.71. The van der Waals surface area contributed by atoms with Crippen LogP contribution in [0.1, 0.15) is 29.5 Å². The van der Waals surface area contributed by atoms with Gasteiger partial charge in [0, 0.05) is 26.2 Å². The molecule has 3 aliphatic heterocycles. The molecule has 3 aromatic rings. The van der Waals surface area contributed by atoms with E-state index in [0.29, 0.717) is 38.9 Å². The number of aliphatic hydroxyl groups is 1. The predicted molar refractivity (Wildman–Crippen MR) is 180 cm³/mol. The molecule has 3 saturated heterocycles. The molecular formula is C39H43N3O5. The molecule has 1 N–H and O–H groups in total. The first-order valence-corrected chi connectivity index (χ1v) is 16.4. The van der Waals surface area contributed by atoms with Crippen molar-refractivity contribution in [3.63, 3.8) is 0 Å². The van der Waals surface area contributed by atoms with Crippen molar-refractivity contribution in [2.45, 2.75) is 56.1 Å². The Labute approximate surface area is 276 Å². The standard InChI is InChI=1S/C39H43N3O5/c1-3-22-40(25-29-16-10-6-11-17-29)36(44)33-32-20-21-39(47-32)34(33)37(45)42(31(27-43)24-28-14-8-5-9-15-28)35(39)38(46)41(23-4-2)26-30-18-12-7-13-19-30/h3-19,31-35,43H,1-2,20-27H2/t31-,32-,33+,34+,35?,39?/m1/s1. The Morgan fingerprint density at radius 1 is 0.851 bits per heavy atom. The Bertz CT molecular complexity index is 1580. The lowest BCUT2D eigenvalue weighted by Crippen LogP contribution is -2.59. The number of rotatable bonds is 14. The molecule has 6 atom stereocenters. The molecule has 0 aromatic heterocycles. The van der Waals surface area contributed by atoms with E-state index in [1.54, 1.807) is 26.9 Å². The van der Waals surface area contributed by atoms with Gasteiger partial charge in [0.15, 0.2) is 0 Å². The normalized spacial score (nSPS) is 24.9. The summed E-state index contributed by atoms with van der Waals surface area (Å²) in [6.45, 7) is 8.72. The zero-order valence-corrected chi connectivity index (χ0v) is 26.7. The molecule has 3 fully saturated rings. The van der Waals surface area contributed by atoms with Crippen LogP contribution in [-0.4, -0.2) is 81.0 Å². The molecule has 3 heterocycles. The minimum absolute atomic E-state index is 0.178. The summed E-state index contributed by atoms with van der Waals surface area (Å²) in [7, 11) is 0. The molecule has 6 rings (SSSR count). The van der Waals surface area contributed by atoms with Crippen molar-refractivity contribution in [1.29, 1.82) is 0 Å². The summed E-state index contributed by atoms with van der Waals surface area (Å²) < 4.78 is 6.76. The lowest BCUT2D eigenvalue weighted by atomic mass is 9.70. The SMILES string of the molecule is C=CCN(Cc1ccccc1)C(=O)C1N([C@@H](CO)Cc2ccccc2)C(=O)[C@@H]2[C@@H](C(=O)N(CC=C)Cc3ccccc3)[C@H]3CCC12O3. The Hall–Kier alpha value is -4.53. The van der Waals surface area contributed by atoms with Gasteiger partial charge < -0.3 is 24.5 Å². The fourth-order valence-electron chi connectivity index (χ4n) is 7.95. The molecule has 3 aromatic carbocycles. The molecule has 47 heavy (non-hydrogen) atoms. The van der Waals surface area contributed by atoms with Crippen molar-refractivity contribution in [2.24, 2.45) is 11.8 Å². The highest BCUT2D eigenvalue weighted by Gasteiger charge is 2.75. The van der Waals surface area contributed by atoms with E-state index in [9.17, 15) is 19.5 Å². The summed E-state index contributed by atoms with van der Waals surface area (Å²) in [5, 5.41) is 10.8. The van der Waals surface area contributed by atoms with Crippen molar-refractivity contribution < 1.29 is 24.2 Å². The summed E-state index contributed by atoms with van der Waals surface area (Å²) in [6, 6.07) is 27.4. The number of carbonyl (C=O) groups excluding carboxylic acids is 3. The Balaban J connectivity index is 1.39. The number of likely N-dealkylation sites (tertiary alicyclic amines) is 1. The third-order valence-electron chi connectivity index (χ3n) is 9.93. The third-order valence-corrected chi connectivity index (χ3v) is 9.93. The molecule has 2 bridgehead atoms.